The largest absolute Gasteiger partial charge is 0.465 e. The van der Waals surface area contributed by atoms with Gasteiger partial charge in [0.25, 0.3) is 0 Å². The summed E-state index contributed by atoms with van der Waals surface area (Å²) < 4.78 is 4.50. The maximum absolute atomic E-state index is 10.8. The van der Waals surface area contributed by atoms with Crippen molar-refractivity contribution >= 4 is 5.97 Å². The number of hydrogen-bond acceptors (Lipinski definition) is 2. The lowest BCUT2D eigenvalue weighted by Crippen LogP contribution is -1.99. The Morgan fingerprint density at radius 1 is 1.30 bits per heavy atom. The van der Waals surface area contributed by atoms with Gasteiger partial charge in [-0.25, -0.2) is 4.79 Å². The summed E-state index contributed by atoms with van der Waals surface area (Å²) in [6.07, 6.45) is 0. The van der Waals surface area contributed by atoms with E-state index < -0.39 is 0 Å². The predicted octanol–water partition coefficient (Wildman–Crippen LogP) is 1.47. The van der Waals surface area contributed by atoms with Crippen LogP contribution in [0.2, 0.25) is 0 Å². The number of carbonyl (C=O) groups is 1. The minimum atomic E-state index is -0.291. The highest BCUT2D eigenvalue weighted by Gasteiger charge is 2.00. The van der Waals surface area contributed by atoms with Gasteiger partial charge in [0.2, 0.25) is 0 Å². The highest BCUT2D eigenvalue weighted by atomic mass is 16.6. The summed E-state index contributed by atoms with van der Waals surface area (Å²) in [5, 5.41) is 0. The first-order valence-electron chi connectivity index (χ1n) is 2.98. The highest BCUT2D eigenvalue weighted by Crippen LogP contribution is 1.98. The maximum Gasteiger partial charge on any atom is 0.337 e. The summed E-state index contributed by atoms with van der Waals surface area (Å²) in [6.45, 7) is 0. The molecule has 0 atom stereocenters. The zero-order chi connectivity index (χ0) is 7.40. The molecule has 0 aliphatic heterocycles. The lowest BCUT2D eigenvalue weighted by atomic mass is 11.2. The average molecular weight is 143 g/mol. The standard InChI is InChI=1S/C8H8O2/c1-10-8(9)7-5-3-2-4-6-7/h2-6H,1H3/i2+1,3+1,4+1,5+1,6+1,7+1,8+1. The summed E-state index contributed by atoms with van der Waals surface area (Å²) in [6, 6.07) is 8.88. The normalized spacial score (nSPS) is 8.90. The fraction of sp³-hybridized carbons (Fsp3) is 0.125. The molecule has 10 heavy (non-hydrogen) atoms. The van der Waals surface area contributed by atoms with Crippen LogP contribution in [0, 0.1) is 0 Å². The third-order valence-electron chi connectivity index (χ3n) is 1.19. The van der Waals surface area contributed by atoms with Gasteiger partial charge in [-0.3, -0.25) is 0 Å². The molecule has 0 aliphatic rings. The lowest BCUT2D eigenvalue weighted by Gasteiger charge is -1.95. The van der Waals surface area contributed by atoms with Gasteiger partial charge in [-0.15, -0.1) is 0 Å². The topological polar surface area (TPSA) is 26.3 Å². The summed E-state index contributed by atoms with van der Waals surface area (Å²) in [4.78, 5) is 10.8. The van der Waals surface area contributed by atoms with Gasteiger partial charge in [-0.05, 0) is 12.1 Å². The van der Waals surface area contributed by atoms with Crippen molar-refractivity contribution in [3.05, 3.63) is 35.9 Å². The molecule has 0 N–H and O–H groups in total. The molecular formula is C8H8O2. The van der Waals surface area contributed by atoms with E-state index in [2.05, 4.69) is 4.74 Å². The van der Waals surface area contributed by atoms with Crippen LogP contribution in [0.25, 0.3) is 0 Å². The number of benzene rings is 1. The zero-order valence-corrected chi connectivity index (χ0v) is 5.70. The Labute approximate surface area is 59.4 Å². The molecule has 0 saturated heterocycles. The second-order valence-electron chi connectivity index (χ2n) is 1.86. The van der Waals surface area contributed by atoms with Crippen molar-refractivity contribution < 1.29 is 9.53 Å². The Kier molecular flexibility index (Phi) is 2.05. The number of hydrogen-bond donors (Lipinski definition) is 0. The molecule has 1 aromatic rings. The van der Waals surface area contributed by atoms with E-state index in [1.54, 1.807) is 24.3 Å². The molecule has 2 heteroatoms. The fourth-order valence-electron chi connectivity index (χ4n) is 0.692. The van der Waals surface area contributed by atoms with Gasteiger partial charge >= 0.3 is 5.97 Å². The van der Waals surface area contributed by atoms with Crippen LogP contribution in [0.15, 0.2) is 30.3 Å². The minimum Gasteiger partial charge on any atom is -0.465 e. The van der Waals surface area contributed by atoms with E-state index in [9.17, 15) is 4.79 Å². The minimum absolute atomic E-state index is 0.291. The molecule has 0 fully saturated rings. The van der Waals surface area contributed by atoms with E-state index in [4.69, 9.17) is 0 Å². The van der Waals surface area contributed by atoms with E-state index in [0.29, 0.717) is 5.56 Å². The van der Waals surface area contributed by atoms with Crippen molar-refractivity contribution in [3.63, 3.8) is 0 Å². The molecule has 0 spiro atoms. The second-order valence-corrected chi connectivity index (χ2v) is 1.86. The van der Waals surface area contributed by atoms with Crippen LogP contribution in [-0.2, 0) is 4.74 Å². The van der Waals surface area contributed by atoms with E-state index in [-0.39, 0.29) is 5.97 Å². The Morgan fingerprint density at radius 2 is 1.90 bits per heavy atom. The van der Waals surface area contributed by atoms with Gasteiger partial charge in [0.05, 0.1) is 12.7 Å². The second kappa shape index (κ2) is 3.01. The fourth-order valence-corrected chi connectivity index (χ4v) is 0.692. The summed E-state index contributed by atoms with van der Waals surface area (Å²) in [5.41, 5.74) is 0.588. The molecule has 0 saturated carbocycles. The molecular weight excluding hydrogens is 135 g/mol. The van der Waals surface area contributed by atoms with Crippen molar-refractivity contribution in [1.82, 2.24) is 0 Å². The number of carbonyl (C=O) groups excluding carboxylic acids is 1. The van der Waals surface area contributed by atoms with Crippen molar-refractivity contribution in [2.24, 2.45) is 0 Å². The van der Waals surface area contributed by atoms with Crippen molar-refractivity contribution in [2.45, 2.75) is 0 Å². The van der Waals surface area contributed by atoms with Crippen LogP contribution in [0.5, 0.6) is 0 Å². The first-order valence-corrected chi connectivity index (χ1v) is 2.98. The Bertz CT molecular complexity index is 216. The molecule has 0 heterocycles. The van der Waals surface area contributed by atoms with E-state index in [1.807, 2.05) is 6.07 Å². The predicted molar refractivity (Wildman–Crippen MR) is 37.8 cm³/mol. The van der Waals surface area contributed by atoms with Crippen LogP contribution in [-0.4, -0.2) is 13.1 Å². The van der Waals surface area contributed by atoms with Crippen LogP contribution in [0.4, 0.5) is 0 Å². The molecule has 1 rings (SSSR count). The summed E-state index contributed by atoms with van der Waals surface area (Å²) in [5.74, 6) is -0.291. The van der Waals surface area contributed by atoms with Gasteiger partial charge in [-0.2, -0.15) is 0 Å². The van der Waals surface area contributed by atoms with Crippen molar-refractivity contribution in [2.75, 3.05) is 7.11 Å². The maximum atomic E-state index is 10.8. The van der Waals surface area contributed by atoms with E-state index in [1.165, 1.54) is 7.11 Å². The number of ether oxygens (including phenoxy) is 1. The molecule has 0 aliphatic carbocycles. The Hall–Kier alpha value is -1.31. The van der Waals surface area contributed by atoms with Gasteiger partial charge in [-0.1, -0.05) is 18.2 Å². The molecule has 0 radical (unpaired) electrons. The Balaban J connectivity index is 2.85. The number of esters is 1. The first kappa shape index (κ1) is 6.81. The summed E-state index contributed by atoms with van der Waals surface area (Å²) >= 11 is 0. The first-order chi connectivity index (χ1) is 4.84. The molecule has 0 unspecified atom stereocenters. The zero-order valence-electron chi connectivity index (χ0n) is 5.70. The van der Waals surface area contributed by atoms with E-state index in [0.717, 1.165) is 0 Å². The van der Waals surface area contributed by atoms with Gasteiger partial charge in [0.1, 0.15) is 0 Å². The van der Waals surface area contributed by atoms with Crippen LogP contribution in [0.1, 0.15) is 10.4 Å². The van der Waals surface area contributed by atoms with Crippen LogP contribution >= 0.6 is 0 Å². The van der Waals surface area contributed by atoms with Crippen molar-refractivity contribution in [3.8, 4) is 0 Å². The Morgan fingerprint density at radius 3 is 2.40 bits per heavy atom. The van der Waals surface area contributed by atoms with Crippen LogP contribution < -0.4 is 0 Å². The molecule has 1 aromatic carbocycles. The van der Waals surface area contributed by atoms with Crippen molar-refractivity contribution in [1.29, 1.82) is 0 Å². The third-order valence-corrected chi connectivity index (χ3v) is 1.19. The van der Waals surface area contributed by atoms with Gasteiger partial charge < -0.3 is 4.74 Å². The molecule has 0 bridgehead atoms. The highest BCUT2D eigenvalue weighted by molar-refractivity contribution is 5.89. The lowest BCUT2D eigenvalue weighted by molar-refractivity contribution is 0.0601. The molecule has 52 valence electrons. The van der Waals surface area contributed by atoms with Crippen LogP contribution in [0.3, 0.4) is 0 Å². The average Bonchev–Trinajstić information content (AvgIpc) is 2.05. The smallest absolute Gasteiger partial charge is 0.337 e. The number of methoxy groups -OCH3 is 1. The molecule has 2 nitrogen and oxygen atoms in total. The van der Waals surface area contributed by atoms with Gasteiger partial charge in [0.15, 0.2) is 0 Å². The third kappa shape index (κ3) is 1.35. The van der Waals surface area contributed by atoms with Gasteiger partial charge in [0, 0.05) is 0 Å². The monoisotopic (exact) mass is 143 g/mol. The van der Waals surface area contributed by atoms with E-state index >= 15 is 0 Å². The quantitative estimate of drug-likeness (QED) is 0.439. The molecule has 0 aromatic heterocycles. The summed E-state index contributed by atoms with van der Waals surface area (Å²) in [7, 11) is 1.37. The SMILES string of the molecule is CO[13C](=O)[13c]1[13cH][13cH][13cH][13cH][13cH]1. The number of rotatable bonds is 1. The molecule has 0 amide bonds.